The Morgan fingerprint density at radius 1 is 1.42 bits per heavy atom. The fourth-order valence-corrected chi connectivity index (χ4v) is 3.43. The molecule has 6 nitrogen and oxygen atoms in total. The van der Waals surface area contributed by atoms with Gasteiger partial charge in [-0.15, -0.1) is 11.3 Å². The van der Waals surface area contributed by atoms with Crippen LogP contribution in [0.2, 0.25) is 0 Å². The van der Waals surface area contributed by atoms with Crippen LogP contribution in [0.4, 0.5) is 5.13 Å². The molecule has 1 aliphatic rings. The summed E-state index contributed by atoms with van der Waals surface area (Å²) in [4.78, 5) is 6.84. The van der Waals surface area contributed by atoms with Crippen molar-refractivity contribution in [1.82, 2.24) is 14.0 Å². The van der Waals surface area contributed by atoms with Gasteiger partial charge < -0.3 is 4.90 Å². The number of anilines is 1. The average Bonchev–Trinajstić information content (AvgIpc) is 2.98. The summed E-state index contributed by atoms with van der Waals surface area (Å²) >= 11 is 1.64. The van der Waals surface area contributed by atoms with Crippen LogP contribution in [0.15, 0.2) is 5.38 Å². The van der Waals surface area contributed by atoms with Crippen LogP contribution in [0.3, 0.4) is 0 Å². The Labute approximate surface area is 118 Å². The molecule has 0 spiro atoms. The van der Waals surface area contributed by atoms with Crippen LogP contribution in [0.1, 0.15) is 18.5 Å². The molecular formula is C11H20N4O2S2. The van der Waals surface area contributed by atoms with Gasteiger partial charge in [0.2, 0.25) is 0 Å². The highest BCUT2D eigenvalue weighted by Crippen LogP contribution is 2.24. The maximum absolute atomic E-state index is 11.5. The van der Waals surface area contributed by atoms with Gasteiger partial charge in [-0.25, -0.2) is 9.71 Å². The molecule has 0 amide bonds. The quantitative estimate of drug-likeness (QED) is 0.839. The minimum Gasteiger partial charge on any atom is -0.348 e. The summed E-state index contributed by atoms with van der Waals surface area (Å²) in [6, 6.07) is 0. The zero-order valence-electron chi connectivity index (χ0n) is 11.3. The molecule has 1 aromatic heterocycles. The lowest BCUT2D eigenvalue weighted by atomic mass is 10.3. The van der Waals surface area contributed by atoms with Gasteiger partial charge in [-0.1, -0.05) is 0 Å². The van der Waals surface area contributed by atoms with Crippen LogP contribution in [0, 0.1) is 0 Å². The molecule has 8 heteroatoms. The number of rotatable bonds is 6. The number of nitrogens with one attached hydrogen (secondary N) is 1. The Balaban J connectivity index is 1.84. The summed E-state index contributed by atoms with van der Waals surface area (Å²) in [5.41, 5.74) is 0.952. The standard InChI is InChI=1S/C11H20N4O2S2/c1-14(2)19(16,17)12-6-5-10-9-18-11(13-10)15-7-3-4-8-15/h9,12H,3-8H2,1-2H3. The first kappa shape index (κ1) is 14.7. The lowest BCUT2D eigenvalue weighted by Crippen LogP contribution is -2.36. The normalized spacial score (nSPS) is 16.5. The first-order valence-electron chi connectivity index (χ1n) is 6.35. The number of nitrogens with zero attached hydrogens (tertiary/aromatic N) is 3. The first-order valence-corrected chi connectivity index (χ1v) is 8.67. The summed E-state index contributed by atoms with van der Waals surface area (Å²) in [7, 11) is -0.308. The molecule has 0 aromatic carbocycles. The van der Waals surface area contributed by atoms with Gasteiger partial charge in [-0.05, 0) is 12.8 Å². The van der Waals surface area contributed by atoms with Crippen LogP contribution in [0.5, 0.6) is 0 Å². The Morgan fingerprint density at radius 2 is 2.11 bits per heavy atom. The molecule has 1 N–H and O–H groups in total. The lowest BCUT2D eigenvalue weighted by Gasteiger charge is -2.12. The third-order valence-electron chi connectivity index (χ3n) is 3.06. The van der Waals surface area contributed by atoms with Crippen LogP contribution in [-0.2, 0) is 16.6 Å². The van der Waals surface area contributed by atoms with Crippen molar-refractivity contribution in [3.05, 3.63) is 11.1 Å². The van der Waals surface area contributed by atoms with E-state index in [0.29, 0.717) is 13.0 Å². The third-order valence-corrected chi connectivity index (χ3v) is 5.54. The molecule has 0 unspecified atom stereocenters. The van der Waals surface area contributed by atoms with E-state index in [1.165, 1.54) is 31.2 Å². The fourth-order valence-electron chi connectivity index (χ4n) is 1.90. The predicted molar refractivity (Wildman–Crippen MR) is 77.9 cm³/mol. The Morgan fingerprint density at radius 3 is 2.74 bits per heavy atom. The van der Waals surface area contributed by atoms with Crippen molar-refractivity contribution < 1.29 is 8.42 Å². The molecule has 1 aromatic rings. The van der Waals surface area contributed by atoms with Gasteiger partial charge in [0.15, 0.2) is 5.13 Å². The highest BCUT2D eigenvalue weighted by molar-refractivity contribution is 7.87. The van der Waals surface area contributed by atoms with E-state index in [-0.39, 0.29) is 0 Å². The molecule has 2 heterocycles. The highest BCUT2D eigenvalue weighted by Gasteiger charge is 2.16. The van der Waals surface area contributed by atoms with E-state index in [9.17, 15) is 8.42 Å². The van der Waals surface area contributed by atoms with Gasteiger partial charge in [0.1, 0.15) is 0 Å². The summed E-state index contributed by atoms with van der Waals surface area (Å²) in [6.45, 7) is 2.55. The highest BCUT2D eigenvalue weighted by atomic mass is 32.2. The van der Waals surface area contributed by atoms with E-state index in [1.807, 2.05) is 5.38 Å². The second-order valence-electron chi connectivity index (χ2n) is 4.75. The van der Waals surface area contributed by atoms with Crippen molar-refractivity contribution in [3.63, 3.8) is 0 Å². The molecule has 1 saturated heterocycles. The molecule has 0 atom stereocenters. The summed E-state index contributed by atoms with van der Waals surface area (Å²) in [5.74, 6) is 0. The number of aromatic nitrogens is 1. The third kappa shape index (κ3) is 3.88. The molecule has 19 heavy (non-hydrogen) atoms. The number of thiazole rings is 1. The number of hydrogen-bond donors (Lipinski definition) is 1. The second-order valence-corrected chi connectivity index (χ2v) is 7.55. The Kier molecular flexibility index (Phi) is 4.77. The fraction of sp³-hybridized carbons (Fsp3) is 0.727. The van der Waals surface area contributed by atoms with Crippen LogP contribution >= 0.6 is 11.3 Å². The zero-order chi connectivity index (χ0) is 13.9. The van der Waals surface area contributed by atoms with Crippen LogP contribution in [-0.4, -0.2) is 51.4 Å². The molecule has 0 radical (unpaired) electrons. The summed E-state index contributed by atoms with van der Waals surface area (Å²) in [5, 5.41) is 3.07. The maximum Gasteiger partial charge on any atom is 0.278 e. The first-order chi connectivity index (χ1) is 8.99. The SMILES string of the molecule is CN(C)S(=O)(=O)NCCc1csc(N2CCCC2)n1. The Hall–Kier alpha value is -0.700. The van der Waals surface area contributed by atoms with Crippen molar-refractivity contribution in [2.24, 2.45) is 0 Å². The molecule has 108 valence electrons. The van der Waals surface area contributed by atoms with Gasteiger partial charge in [0.25, 0.3) is 10.2 Å². The molecule has 0 bridgehead atoms. The smallest absolute Gasteiger partial charge is 0.278 e. The van der Waals surface area contributed by atoms with E-state index in [1.54, 1.807) is 11.3 Å². The van der Waals surface area contributed by atoms with Crippen molar-refractivity contribution in [2.45, 2.75) is 19.3 Å². The van der Waals surface area contributed by atoms with Crippen molar-refractivity contribution in [1.29, 1.82) is 0 Å². The van der Waals surface area contributed by atoms with E-state index >= 15 is 0 Å². The van der Waals surface area contributed by atoms with Crippen LogP contribution < -0.4 is 9.62 Å². The van der Waals surface area contributed by atoms with Crippen LogP contribution in [0.25, 0.3) is 0 Å². The molecular weight excluding hydrogens is 284 g/mol. The molecule has 1 aliphatic heterocycles. The molecule has 0 saturated carbocycles. The topological polar surface area (TPSA) is 65.5 Å². The molecule has 0 aliphatic carbocycles. The summed E-state index contributed by atoms with van der Waals surface area (Å²) < 4.78 is 26.8. The molecule has 1 fully saturated rings. The van der Waals surface area contributed by atoms with E-state index < -0.39 is 10.2 Å². The van der Waals surface area contributed by atoms with Gasteiger partial charge >= 0.3 is 0 Å². The van der Waals surface area contributed by atoms with Crippen molar-refractivity contribution in [3.8, 4) is 0 Å². The minimum atomic E-state index is -3.33. The minimum absolute atomic E-state index is 0.379. The lowest BCUT2D eigenvalue weighted by molar-refractivity contribution is 0.505. The number of hydrogen-bond acceptors (Lipinski definition) is 5. The van der Waals surface area contributed by atoms with E-state index in [0.717, 1.165) is 23.9 Å². The van der Waals surface area contributed by atoms with Gasteiger partial charge in [-0.2, -0.15) is 12.7 Å². The van der Waals surface area contributed by atoms with E-state index in [4.69, 9.17) is 0 Å². The van der Waals surface area contributed by atoms with Gasteiger partial charge in [0, 0.05) is 45.5 Å². The average molecular weight is 304 g/mol. The monoisotopic (exact) mass is 304 g/mol. The summed E-state index contributed by atoms with van der Waals surface area (Å²) in [6.07, 6.45) is 3.09. The Bertz CT molecular complexity index is 507. The molecule has 2 rings (SSSR count). The predicted octanol–water partition coefficient (Wildman–Crippen LogP) is 0.682. The second kappa shape index (κ2) is 6.17. The van der Waals surface area contributed by atoms with Gasteiger partial charge in [0.05, 0.1) is 5.69 Å². The van der Waals surface area contributed by atoms with Crippen molar-refractivity contribution in [2.75, 3.05) is 38.6 Å². The largest absolute Gasteiger partial charge is 0.348 e. The van der Waals surface area contributed by atoms with Gasteiger partial charge in [-0.3, -0.25) is 0 Å². The van der Waals surface area contributed by atoms with Crippen molar-refractivity contribution >= 4 is 26.7 Å². The maximum atomic E-state index is 11.5. The zero-order valence-corrected chi connectivity index (χ0v) is 12.9. The van der Waals surface area contributed by atoms with E-state index in [2.05, 4.69) is 14.6 Å².